The van der Waals surface area contributed by atoms with Crippen molar-refractivity contribution in [3.63, 3.8) is 0 Å². The van der Waals surface area contributed by atoms with Gasteiger partial charge in [-0.15, -0.1) is 17.0 Å². The number of ketones is 1. The number of pyridine rings is 1. The zero-order chi connectivity index (χ0) is 11.4. The van der Waals surface area contributed by atoms with Crippen LogP contribution in [0.4, 0.5) is 0 Å². The molecular weight excluding hydrogens is 282 g/mol. The summed E-state index contributed by atoms with van der Waals surface area (Å²) in [6.07, 6.45) is 3.22. The second-order valence-electron chi connectivity index (χ2n) is 3.29. The molecule has 0 saturated heterocycles. The first-order chi connectivity index (χ1) is 7.81. The molecule has 0 aliphatic carbocycles. The minimum absolute atomic E-state index is 0. The monoisotopic (exact) mass is 293 g/mol. The maximum absolute atomic E-state index is 12.0. The van der Waals surface area contributed by atoms with Crippen LogP contribution in [0.25, 0.3) is 0 Å². The quantitative estimate of drug-likeness (QED) is 0.817. The van der Waals surface area contributed by atoms with E-state index < -0.39 is 0 Å². The normalized spacial score (nSPS) is 9.24. The van der Waals surface area contributed by atoms with E-state index in [1.54, 1.807) is 55.9 Å². The predicted molar refractivity (Wildman–Crippen MR) is 71.0 cm³/mol. The molecule has 88 valence electrons. The molecule has 0 spiro atoms. The molecule has 0 unspecified atom stereocenters. The molecule has 0 fully saturated rings. The Morgan fingerprint density at radius 3 is 2.06 bits per heavy atom. The van der Waals surface area contributed by atoms with E-state index in [0.29, 0.717) is 11.1 Å². The second-order valence-corrected chi connectivity index (χ2v) is 3.29. The van der Waals surface area contributed by atoms with E-state index in [1.807, 2.05) is 0 Å². The first-order valence-corrected chi connectivity index (χ1v) is 4.90. The van der Waals surface area contributed by atoms with Gasteiger partial charge in [0.1, 0.15) is 5.75 Å². The second kappa shape index (κ2) is 6.15. The van der Waals surface area contributed by atoms with Gasteiger partial charge < -0.3 is 4.74 Å². The maximum Gasteiger partial charge on any atom is 0.193 e. The number of carbonyl (C=O) groups excluding carboxylic acids is 1. The molecule has 1 heterocycles. The van der Waals surface area contributed by atoms with Gasteiger partial charge in [-0.3, -0.25) is 9.78 Å². The van der Waals surface area contributed by atoms with Crippen molar-refractivity contribution in [3.8, 4) is 5.75 Å². The molecule has 0 saturated carbocycles. The van der Waals surface area contributed by atoms with Crippen LogP contribution in [0.5, 0.6) is 5.75 Å². The third-order valence-electron chi connectivity index (χ3n) is 2.29. The first-order valence-electron chi connectivity index (χ1n) is 4.90. The van der Waals surface area contributed by atoms with Crippen molar-refractivity contribution in [2.75, 3.05) is 7.11 Å². The van der Waals surface area contributed by atoms with Crippen molar-refractivity contribution >= 4 is 22.8 Å². The molecular formula is C13H12BrNO2. The number of carbonyl (C=O) groups is 1. The summed E-state index contributed by atoms with van der Waals surface area (Å²) < 4.78 is 5.03. The number of aromatic nitrogens is 1. The summed E-state index contributed by atoms with van der Waals surface area (Å²) in [7, 11) is 1.60. The molecule has 0 aliphatic rings. The van der Waals surface area contributed by atoms with Gasteiger partial charge in [-0.2, -0.15) is 0 Å². The molecule has 4 heteroatoms. The average Bonchev–Trinajstić information content (AvgIpc) is 2.39. The number of ether oxygens (including phenoxy) is 1. The lowest BCUT2D eigenvalue weighted by Gasteiger charge is -2.02. The van der Waals surface area contributed by atoms with E-state index in [9.17, 15) is 4.79 Å². The molecule has 1 aromatic carbocycles. The van der Waals surface area contributed by atoms with Crippen LogP contribution >= 0.6 is 17.0 Å². The summed E-state index contributed by atoms with van der Waals surface area (Å²) >= 11 is 0. The Bertz CT molecular complexity index is 483. The van der Waals surface area contributed by atoms with Crippen LogP contribution in [-0.4, -0.2) is 17.9 Å². The Balaban J connectivity index is 0.00000144. The van der Waals surface area contributed by atoms with Gasteiger partial charge in [0.05, 0.1) is 7.11 Å². The van der Waals surface area contributed by atoms with E-state index in [4.69, 9.17) is 4.74 Å². The zero-order valence-electron chi connectivity index (χ0n) is 9.29. The van der Waals surface area contributed by atoms with Crippen molar-refractivity contribution in [1.82, 2.24) is 4.98 Å². The number of nitrogens with zero attached hydrogens (tertiary/aromatic N) is 1. The summed E-state index contributed by atoms with van der Waals surface area (Å²) in [6, 6.07) is 10.4. The molecule has 0 bridgehead atoms. The standard InChI is InChI=1S/C13H11NO2.BrH/c1-16-12-4-2-10(3-5-12)13(15)11-6-8-14-9-7-11;/h2-9H,1H3;1H. The van der Waals surface area contributed by atoms with Crippen LogP contribution in [0.15, 0.2) is 48.8 Å². The third kappa shape index (κ3) is 3.14. The minimum Gasteiger partial charge on any atom is -0.497 e. The van der Waals surface area contributed by atoms with Gasteiger partial charge in [-0.1, -0.05) is 0 Å². The highest BCUT2D eigenvalue weighted by molar-refractivity contribution is 8.93. The summed E-state index contributed by atoms with van der Waals surface area (Å²) in [5.41, 5.74) is 1.28. The lowest BCUT2D eigenvalue weighted by Crippen LogP contribution is -2.00. The summed E-state index contributed by atoms with van der Waals surface area (Å²) in [5, 5.41) is 0. The smallest absolute Gasteiger partial charge is 0.193 e. The van der Waals surface area contributed by atoms with Crippen molar-refractivity contribution in [1.29, 1.82) is 0 Å². The Kier molecular flexibility index (Phi) is 4.84. The largest absolute Gasteiger partial charge is 0.497 e. The fourth-order valence-corrected chi connectivity index (χ4v) is 1.41. The minimum atomic E-state index is -0.00921. The van der Waals surface area contributed by atoms with Crippen molar-refractivity contribution < 1.29 is 9.53 Å². The number of methoxy groups -OCH3 is 1. The topological polar surface area (TPSA) is 39.2 Å². The Morgan fingerprint density at radius 2 is 1.53 bits per heavy atom. The fraction of sp³-hybridized carbons (Fsp3) is 0.0769. The van der Waals surface area contributed by atoms with Crippen LogP contribution in [0.1, 0.15) is 15.9 Å². The Hall–Kier alpha value is -1.68. The van der Waals surface area contributed by atoms with Gasteiger partial charge in [0.2, 0.25) is 0 Å². The van der Waals surface area contributed by atoms with E-state index in [2.05, 4.69) is 4.98 Å². The SMILES string of the molecule is Br.COc1ccc(C(=O)c2ccncc2)cc1. The molecule has 1 aromatic heterocycles. The number of rotatable bonds is 3. The van der Waals surface area contributed by atoms with Gasteiger partial charge in [-0.05, 0) is 36.4 Å². The van der Waals surface area contributed by atoms with Gasteiger partial charge >= 0.3 is 0 Å². The maximum atomic E-state index is 12.0. The van der Waals surface area contributed by atoms with Crippen molar-refractivity contribution in [2.45, 2.75) is 0 Å². The van der Waals surface area contributed by atoms with Gasteiger partial charge in [-0.25, -0.2) is 0 Å². The lowest BCUT2D eigenvalue weighted by atomic mass is 10.0. The number of hydrogen-bond acceptors (Lipinski definition) is 3. The predicted octanol–water partition coefficient (Wildman–Crippen LogP) is 2.90. The fourth-order valence-electron chi connectivity index (χ4n) is 1.41. The molecule has 17 heavy (non-hydrogen) atoms. The van der Waals surface area contributed by atoms with Crippen molar-refractivity contribution in [2.24, 2.45) is 0 Å². The van der Waals surface area contributed by atoms with Gasteiger partial charge in [0.25, 0.3) is 0 Å². The first kappa shape index (κ1) is 13.4. The van der Waals surface area contributed by atoms with Crippen LogP contribution in [0.3, 0.4) is 0 Å². The van der Waals surface area contributed by atoms with Crippen LogP contribution < -0.4 is 4.74 Å². The molecule has 0 radical (unpaired) electrons. The third-order valence-corrected chi connectivity index (χ3v) is 2.29. The van der Waals surface area contributed by atoms with E-state index in [1.165, 1.54) is 0 Å². The summed E-state index contributed by atoms with van der Waals surface area (Å²) in [5.74, 6) is 0.733. The van der Waals surface area contributed by atoms with Crippen LogP contribution in [-0.2, 0) is 0 Å². The molecule has 0 aliphatic heterocycles. The number of halogens is 1. The molecule has 3 nitrogen and oxygen atoms in total. The van der Waals surface area contributed by atoms with Crippen LogP contribution in [0.2, 0.25) is 0 Å². The van der Waals surface area contributed by atoms with Crippen molar-refractivity contribution in [3.05, 3.63) is 59.9 Å². The number of hydrogen-bond donors (Lipinski definition) is 0. The van der Waals surface area contributed by atoms with E-state index in [-0.39, 0.29) is 22.8 Å². The Labute approximate surface area is 110 Å². The van der Waals surface area contributed by atoms with Gasteiger partial charge in [0.15, 0.2) is 5.78 Å². The molecule has 2 aromatic rings. The Morgan fingerprint density at radius 1 is 1.00 bits per heavy atom. The van der Waals surface area contributed by atoms with E-state index >= 15 is 0 Å². The molecule has 2 rings (SSSR count). The molecule has 0 amide bonds. The highest BCUT2D eigenvalue weighted by Gasteiger charge is 2.07. The molecule has 0 N–H and O–H groups in total. The number of benzene rings is 1. The summed E-state index contributed by atoms with van der Waals surface area (Å²) in [4.78, 5) is 15.9. The lowest BCUT2D eigenvalue weighted by molar-refractivity contribution is 0.103. The molecule has 0 atom stereocenters. The highest BCUT2D eigenvalue weighted by atomic mass is 79.9. The van der Waals surface area contributed by atoms with Crippen LogP contribution in [0, 0.1) is 0 Å². The highest BCUT2D eigenvalue weighted by Crippen LogP contribution is 2.14. The average molecular weight is 294 g/mol. The van der Waals surface area contributed by atoms with E-state index in [0.717, 1.165) is 5.75 Å². The zero-order valence-corrected chi connectivity index (χ0v) is 11.0. The van der Waals surface area contributed by atoms with Gasteiger partial charge in [0, 0.05) is 23.5 Å². The summed E-state index contributed by atoms with van der Waals surface area (Å²) in [6.45, 7) is 0.